The highest BCUT2D eigenvalue weighted by atomic mass is 16.4. The number of fused-ring (bicyclic) bond motifs is 2. The van der Waals surface area contributed by atoms with Crippen molar-refractivity contribution in [2.75, 3.05) is 18.4 Å². The molecule has 2 N–H and O–H groups in total. The largest absolute Gasteiger partial charge is 0.423 e. The molecule has 0 saturated carbocycles. The summed E-state index contributed by atoms with van der Waals surface area (Å²) in [5.41, 5.74) is 2.09. The van der Waals surface area contributed by atoms with Crippen molar-refractivity contribution in [1.29, 1.82) is 0 Å². The highest BCUT2D eigenvalue weighted by Gasteiger charge is 2.08. The molecule has 28 heavy (non-hydrogen) atoms. The molecule has 6 heteroatoms. The minimum atomic E-state index is -0.392. The number of benzene rings is 2. The van der Waals surface area contributed by atoms with Gasteiger partial charge in [-0.2, -0.15) is 0 Å². The minimum absolute atomic E-state index is 0.198. The van der Waals surface area contributed by atoms with Gasteiger partial charge in [-0.15, -0.1) is 0 Å². The maximum absolute atomic E-state index is 12.3. The summed E-state index contributed by atoms with van der Waals surface area (Å²) in [6.07, 6.45) is 0.702. The molecule has 2 aromatic carbocycles. The number of hydrogen-bond donors (Lipinski definition) is 2. The van der Waals surface area contributed by atoms with Gasteiger partial charge < -0.3 is 15.1 Å². The molecule has 4 aromatic rings. The van der Waals surface area contributed by atoms with Crippen LogP contribution in [-0.4, -0.2) is 24.0 Å². The van der Waals surface area contributed by atoms with Gasteiger partial charge in [-0.25, -0.2) is 9.78 Å². The number of amides is 1. The van der Waals surface area contributed by atoms with Gasteiger partial charge in [-0.05, 0) is 30.7 Å². The van der Waals surface area contributed by atoms with Crippen molar-refractivity contribution in [2.24, 2.45) is 0 Å². The Labute approximate surface area is 161 Å². The highest BCUT2D eigenvalue weighted by molar-refractivity contribution is 5.94. The van der Waals surface area contributed by atoms with Crippen molar-refractivity contribution >= 4 is 33.5 Å². The first kappa shape index (κ1) is 17.7. The van der Waals surface area contributed by atoms with Crippen LogP contribution in [0.1, 0.15) is 16.9 Å². The van der Waals surface area contributed by atoms with Crippen LogP contribution in [0.2, 0.25) is 0 Å². The van der Waals surface area contributed by atoms with Gasteiger partial charge in [0.25, 0.3) is 5.91 Å². The molecule has 0 aliphatic carbocycles. The van der Waals surface area contributed by atoms with Crippen LogP contribution in [0.5, 0.6) is 0 Å². The molecule has 2 aromatic heterocycles. The van der Waals surface area contributed by atoms with Gasteiger partial charge in [-0.3, -0.25) is 4.79 Å². The number of carbonyl (C=O) groups excluding carboxylic acids is 1. The first-order chi connectivity index (χ1) is 13.7. The number of hydrogen-bond acceptors (Lipinski definition) is 5. The number of pyridine rings is 1. The van der Waals surface area contributed by atoms with Crippen LogP contribution in [0.3, 0.4) is 0 Å². The fraction of sp³-hybridized carbons (Fsp3) is 0.136. The standard InChI is InChI=1S/C22H19N3O3/c26-21-14-19(16-7-2-4-9-20(16)28-21)23-12-5-13-24-22(27)18-11-10-15-6-1-3-8-17(15)25-18/h1-4,6-11,14,23H,5,12-13H2,(H,24,27). The molecule has 0 radical (unpaired) electrons. The van der Waals surface area contributed by atoms with E-state index in [1.807, 2.05) is 48.5 Å². The van der Waals surface area contributed by atoms with Gasteiger partial charge >= 0.3 is 5.63 Å². The third kappa shape index (κ3) is 3.86. The number of nitrogens with zero attached hydrogens (tertiary/aromatic N) is 1. The average molecular weight is 373 g/mol. The molecule has 0 aliphatic heterocycles. The molecular weight excluding hydrogens is 354 g/mol. The number of para-hydroxylation sites is 2. The van der Waals surface area contributed by atoms with E-state index in [0.717, 1.165) is 22.0 Å². The summed E-state index contributed by atoms with van der Waals surface area (Å²) < 4.78 is 5.18. The molecular formula is C22H19N3O3. The molecule has 140 valence electrons. The van der Waals surface area contributed by atoms with Gasteiger partial charge in [0.2, 0.25) is 0 Å². The number of nitrogens with one attached hydrogen (secondary N) is 2. The lowest BCUT2D eigenvalue weighted by Crippen LogP contribution is -2.26. The smallest absolute Gasteiger partial charge is 0.338 e. The van der Waals surface area contributed by atoms with Crippen LogP contribution < -0.4 is 16.3 Å². The molecule has 6 nitrogen and oxygen atoms in total. The number of carbonyl (C=O) groups is 1. The molecule has 4 rings (SSSR count). The van der Waals surface area contributed by atoms with Crippen molar-refractivity contribution in [3.8, 4) is 0 Å². The Bertz CT molecular complexity index is 1200. The van der Waals surface area contributed by atoms with Crippen molar-refractivity contribution in [3.05, 3.63) is 82.8 Å². The van der Waals surface area contributed by atoms with Crippen LogP contribution in [0, 0.1) is 0 Å². The summed E-state index contributed by atoms with van der Waals surface area (Å²) in [7, 11) is 0. The van der Waals surface area contributed by atoms with Crippen LogP contribution in [0.4, 0.5) is 5.69 Å². The van der Waals surface area contributed by atoms with Crippen molar-refractivity contribution in [1.82, 2.24) is 10.3 Å². The SMILES string of the molecule is O=C(NCCCNc1cc(=O)oc2ccccc12)c1ccc2ccccc2n1. The van der Waals surface area contributed by atoms with Crippen molar-refractivity contribution in [3.63, 3.8) is 0 Å². The second kappa shape index (κ2) is 7.92. The van der Waals surface area contributed by atoms with E-state index in [-0.39, 0.29) is 5.91 Å². The van der Waals surface area contributed by atoms with Crippen LogP contribution in [-0.2, 0) is 0 Å². The van der Waals surface area contributed by atoms with Crippen LogP contribution in [0.25, 0.3) is 21.9 Å². The molecule has 0 bridgehead atoms. The normalized spacial score (nSPS) is 10.9. The maximum atomic E-state index is 12.3. The lowest BCUT2D eigenvalue weighted by Gasteiger charge is -2.09. The Kier molecular flexibility index (Phi) is 5.01. The fourth-order valence-electron chi connectivity index (χ4n) is 3.05. The van der Waals surface area contributed by atoms with Crippen LogP contribution in [0.15, 0.2) is 75.9 Å². The Morgan fingerprint density at radius 1 is 0.964 bits per heavy atom. The van der Waals surface area contributed by atoms with Crippen molar-refractivity contribution < 1.29 is 9.21 Å². The predicted octanol–water partition coefficient (Wildman–Crippen LogP) is 3.57. The van der Waals surface area contributed by atoms with Gasteiger partial charge in [0.05, 0.1) is 11.2 Å². The van der Waals surface area contributed by atoms with E-state index in [1.54, 1.807) is 12.1 Å². The fourth-order valence-corrected chi connectivity index (χ4v) is 3.05. The zero-order valence-electron chi connectivity index (χ0n) is 15.1. The van der Waals surface area contributed by atoms with Gasteiger partial charge in [0.15, 0.2) is 0 Å². The zero-order valence-corrected chi connectivity index (χ0v) is 15.1. The summed E-state index contributed by atoms with van der Waals surface area (Å²) in [5.74, 6) is -0.198. The zero-order chi connectivity index (χ0) is 19.3. The second-order valence-electron chi connectivity index (χ2n) is 6.40. The third-order valence-electron chi connectivity index (χ3n) is 4.44. The summed E-state index contributed by atoms with van der Waals surface area (Å²) in [5, 5.41) is 7.97. The topological polar surface area (TPSA) is 84.2 Å². The molecule has 1 amide bonds. The quantitative estimate of drug-likeness (QED) is 0.399. The Hall–Kier alpha value is -3.67. The minimum Gasteiger partial charge on any atom is -0.423 e. The Morgan fingerprint density at radius 3 is 2.71 bits per heavy atom. The average Bonchev–Trinajstić information content (AvgIpc) is 2.72. The van der Waals surface area contributed by atoms with Crippen molar-refractivity contribution in [2.45, 2.75) is 6.42 Å². The Balaban J connectivity index is 1.32. The maximum Gasteiger partial charge on any atom is 0.338 e. The first-order valence-corrected chi connectivity index (χ1v) is 9.11. The van der Waals surface area contributed by atoms with E-state index in [1.165, 1.54) is 6.07 Å². The lowest BCUT2D eigenvalue weighted by molar-refractivity contribution is 0.0949. The van der Waals surface area contributed by atoms with E-state index in [4.69, 9.17) is 4.42 Å². The molecule has 0 aliphatic rings. The van der Waals surface area contributed by atoms with E-state index in [9.17, 15) is 9.59 Å². The van der Waals surface area contributed by atoms with Crippen LogP contribution >= 0.6 is 0 Å². The highest BCUT2D eigenvalue weighted by Crippen LogP contribution is 2.20. The monoisotopic (exact) mass is 373 g/mol. The predicted molar refractivity (Wildman–Crippen MR) is 110 cm³/mol. The Morgan fingerprint density at radius 2 is 1.79 bits per heavy atom. The van der Waals surface area contributed by atoms with Gasteiger partial charge in [0.1, 0.15) is 11.3 Å². The second-order valence-corrected chi connectivity index (χ2v) is 6.40. The van der Waals surface area contributed by atoms with E-state index < -0.39 is 5.63 Å². The van der Waals surface area contributed by atoms with E-state index in [2.05, 4.69) is 15.6 Å². The van der Waals surface area contributed by atoms with Gasteiger partial charge in [0, 0.05) is 29.9 Å². The molecule has 0 unspecified atom stereocenters. The summed E-state index contributed by atoms with van der Waals surface area (Å²) in [4.78, 5) is 28.3. The summed E-state index contributed by atoms with van der Waals surface area (Å²) >= 11 is 0. The first-order valence-electron chi connectivity index (χ1n) is 9.11. The lowest BCUT2D eigenvalue weighted by atomic mass is 10.2. The number of aromatic nitrogens is 1. The molecule has 0 atom stereocenters. The summed E-state index contributed by atoms with van der Waals surface area (Å²) in [6.45, 7) is 1.11. The number of anilines is 1. The molecule has 0 fully saturated rings. The summed E-state index contributed by atoms with van der Waals surface area (Å²) in [6, 6.07) is 20.1. The number of rotatable bonds is 6. The van der Waals surface area contributed by atoms with Gasteiger partial charge in [-0.1, -0.05) is 36.4 Å². The molecule has 0 saturated heterocycles. The van der Waals surface area contributed by atoms with E-state index in [0.29, 0.717) is 30.8 Å². The molecule has 2 heterocycles. The molecule has 0 spiro atoms. The third-order valence-corrected chi connectivity index (χ3v) is 4.44. The van der Waals surface area contributed by atoms with E-state index >= 15 is 0 Å².